The molecule has 1 aliphatic carbocycles. The van der Waals surface area contributed by atoms with Crippen molar-refractivity contribution in [2.24, 2.45) is 5.92 Å². The van der Waals surface area contributed by atoms with Gasteiger partial charge in [-0.3, -0.25) is 0 Å². The summed E-state index contributed by atoms with van der Waals surface area (Å²) in [5.74, 6) is -0.662. The van der Waals surface area contributed by atoms with Crippen LogP contribution in [-0.4, -0.2) is 27.3 Å². The van der Waals surface area contributed by atoms with Crippen molar-refractivity contribution in [3.05, 3.63) is 11.6 Å². The van der Waals surface area contributed by atoms with E-state index >= 15 is 0 Å². The zero-order chi connectivity index (χ0) is 14.1. The predicted molar refractivity (Wildman–Crippen MR) is 77.9 cm³/mol. The Morgan fingerprint density at radius 3 is 2.00 bits per heavy atom. The lowest BCUT2D eigenvalue weighted by Crippen LogP contribution is -2.43. The monoisotopic (exact) mass is 270 g/mol. The van der Waals surface area contributed by atoms with Gasteiger partial charge in [0.05, 0.1) is 5.92 Å². The van der Waals surface area contributed by atoms with Gasteiger partial charge in [0.25, 0.3) is 5.97 Å². The van der Waals surface area contributed by atoms with Crippen molar-refractivity contribution in [3.8, 4) is 0 Å². The zero-order valence-corrected chi connectivity index (χ0v) is 13.0. The molecule has 0 fully saturated rings. The second-order valence-electron chi connectivity index (χ2n) is 5.31. The Kier molecular flexibility index (Phi) is 7.66. The second kappa shape index (κ2) is 8.72. The average molecular weight is 270 g/mol. The highest BCUT2D eigenvalue weighted by Gasteiger charge is 2.43. The molecule has 0 bridgehead atoms. The van der Waals surface area contributed by atoms with E-state index in [0.29, 0.717) is 0 Å². The van der Waals surface area contributed by atoms with Gasteiger partial charge in [0.2, 0.25) is 0 Å². The molecule has 0 saturated heterocycles. The average Bonchev–Trinajstić information content (AvgIpc) is 3.27. The lowest BCUT2D eigenvalue weighted by molar-refractivity contribution is -0.373. The van der Waals surface area contributed by atoms with Gasteiger partial charge >= 0.3 is 0 Å². The first-order valence-corrected chi connectivity index (χ1v) is 7.58. The summed E-state index contributed by atoms with van der Waals surface area (Å²) in [6, 6.07) is 0. The summed E-state index contributed by atoms with van der Waals surface area (Å²) in [6.45, 7) is 2.25. The largest absolute Gasteiger partial charge is 0.330 e. The molecule has 0 saturated carbocycles. The molecule has 3 heteroatoms. The molecule has 3 nitrogen and oxygen atoms in total. The quantitative estimate of drug-likeness (QED) is 0.301. The molecule has 112 valence electrons. The highest BCUT2D eigenvalue weighted by molar-refractivity contribution is 5.26. The summed E-state index contributed by atoms with van der Waals surface area (Å²) in [7, 11) is 4.97. The van der Waals surface area contributed by atoms with Crippen LogP contribution in [0.2, 0.25) is 0 Å². The fourth-order valence-corrected chi connectivity index (χ4v) is 2.74. The standard InChI is InChI=1S/C16H30O3/c1-5-6-7-8-9-10-11-15(14-12-13-14)16(17-2,18-3)19-4/h12,15H,5-11,13H2,1-4H3. The van der Waals surface area contributed by atoms with Crippen molar-refractivity contribution in [1.29, 1.82) is 0 Å². The Balaban J connectivity index is 2.38. The smallest absolute Gasteiger partial charge is 0.289 e. The highest BCUT2D eigenvalue weighted by Crippen LogP contribution is 2.41. The Bertz CT molecular complexity index is 261. The minimum Gasteiger partial charge on any atom is -0.330 e. The van der Waals surface area contributed by atoms with E-state index in [1.54, 1.807) is 21.3 Å². The Hall–Kier alpha value is -0.380. The number of hydrogen-bond acceptors (Lipinski definition) is 3. The minimum atomic E-state index is -0.897. The molecule has 0 radical (unpaired) electrons. The summed E-state index contributed by atoms with van der Waals surface area (Å²) in [5.41, 5.74) is 1.42. The molecule has 0 heterocycles. The number of ether oxygens (including phenoxy) is 3. The number of methoxy groups -OCH3 is 3. The van der Waals surface area contributed by atoms with Crippen molar-refractivity contribution in [3.63, 3.8) is 0 Å². The van der Waals surface area contributed by atoms with E-state index in [1.165, 1.54) is 44.1 Å². The Morgan fingerprint density at radius 2 is 1.53 bits per heavy atom. The maximum atomic E-state index is 5.51. The van der Waals surface area contributed by atoms with Gasteiger partial charge in [-0.1, -0.05) is 57.1 Å². The van der Waals surface area contributed by atoms with Crippen molar-refractivity contribution in [2.75, 3.05) is 21.3 Å². The predicted octanol–water partition coefficient (Wildman–Crippen LogP) is 4.28. The fraction of sp³-hybridized carbons (Fsp3) is 0.875. The lowest BCUT2D eigenvalue weighted by atomic mass is 9.95. The molecule has 0 N–H and O–H groups in total. The molecule has 0 aromatic carbocycles. The number of unbranched alkanes of at least 4 members (excludes halogenated alkanes) is 5. The first-order chi connectivity index (χ1) is 9.24. The maximum Gasteiger partial charge on any atom is 0.289 e. The lowest BCUT2D eigenvalue weighted by Gasteiger charge is -2.35. The molecular formula is C16H30O3. The molecule has 0 aliphatic heterocycles. The van der Waals surface area contributed by atoms with Crippen LogP contribution in [0.1, 0.15) is 58.3 Å². The SMILES string of the molecule is CCCCCCCCC(C1=CC1)C(OC)(OC)OC. The topological polar surface area (TPSA) is 27.7 Å². The van der Waals surface area contributed by atoms with Crippen LogP contribution in [-0.2, 0) is 14.2 Å². The number of allylic oxidation sites excluding steroid dienone is 1. The van der Waals surface area contributed by atoms with Gasteiger partial charge in [0, 0.05) is 21.3 Å². The first-order valence-electron chi connectivity index (χ1n) is 7.58. The van der Waals surface area contributed by atoms with Crippen LogP contribution in [0.15, 0.2) is 11.6 Å². The normalized spacial score (nSPS) is 16.3. The highest BCUT2D eigenvalue weighted by atomic mass is 16.9. The summed E-state index contributed by atoms with van der Waals surface area (Å²) >= 11 is 0. The van der Waals surface area contributed by atoms with Crippen molar-refractivity contribution in [1.82, 2.24) is 0 Å². The van der Waals surface area contributed by atoms with E-state index in [9.17, 15) is 0 Å². The molecule has 1 atom stereocenters. The molecule has 0 aromatic rings. The molecule has 1 aliphatic rings. The van der Waals surface area contributed by atoms with Crippen LogP contribution in [0.3, 0.4) is 0 Å². The minimum absolute atomic E-state index is 0.235. The van der Waals surface area contributed by atoms with E-state index in [2.05, 4.69) is 13.0 Å². The molecule has 19 heavy (non-hydrogen) atoms. The van der Waals surface area contributed by atoms with E-state index in [1.807, 2.05) is 0 Å². The fourth-order valence-electron chi connectivity index (χ4n) is 2.74. The molecule has 0 amide bonds. The second-order valence-corrected chi connectivity index (χ2v) is 5.31. The third-order valence-corrected chi connectivity index (χ3v) is 4.01. The van der Waals surface area contributed by atoms with E-state index in [-0.39, 0.29) is 5.92 Å². The van der Waals surface area contributed by atoms with Crippen LogP contribution in [0, 0.1) is 5.92 Å². The van der Waals surface area contributed by atoms with Crippen LogP contribution in [0.4, 0.5) is 0 Å². The first kappa shape index (κ1) is 16.7. The summed E-state index contributed by atoms with van der Waals surface area (Å²) < 4.78 is 16.5. The third-order valence-electron chi connectivity index (χ3n) is 4.01. The summed E-state index contributed by atoms with van der Waals surface area (Å²) in [4.78, 5) is 0. The Labute approximate surface area is 118 Å². The molecule has 1 unspecified atom stereocenters. The van der Waals surface area contributed by atoms with Gasteiger partial charge in [-0.05, 0) is 12.8 Å². The van der Waals surface area contributed by atoms with Crippen molar-refractivity contribution >= 4 is 0 Å². The van der Waals surface area contributed by atoms with Gasteiger partial charge < -0.3 is 14.2 Å². The van der Waals surface area contributed by atoms with Crippen LogP contribution in [0.5, 0.6) is 0 Å². The van der Waals surface area contributed by atoms with Gasteiger partial charge in [0.15, 0.2) is 0 Å². The molecule has 0 aromatic heterocycles. The van der Waals surface area contributed by atoms with Gasteiger partial charge in [-0.25, -0.2) is 0 Å². The molecule has 0 spiro atoms. The third kappa shape index (κ3) is 4.90. The Morgan fingerprint density at radius 1 is 1.00 bits per heavy atom. The molecular weight excluding hydrogens is 240 g/mol. The number of rotatable bonds is 12. The van der Waals surface area contributed by atoms with Crippen LogP contribution < -0.4 is 0 Å². The summed E-state index contributed by atoms with van der Waals surface area (Å²) in [5, 5.41) is 0. The van der Waals surface area contributed by atoms with E-state index in [0.717, 1.165) is 12.8 Å². The molecule has 1 rings (SSSR count). The maximum absolute atomic E-state index is 5.51. The van der Waals surface area contributed by atoms with Crippen LogP contribution in [0.25, 0.3) is 0 Å². The van der Waals surface area contributed by atoms with E-state index in [4.69, 9.17) is 14.2 Å². The van der Waals surface area contributed by atoms with Crippen molar-refractivity contribution in [2.45, 2.75) is 64.3 Å². The van der Waals surface area contributed by atoms with E-state index < -0.39 is 5.97 Å². The number of hydrogen-bond donors (Lipinski definition) is 0. The van der Waals surface area contributed by atoms with Crippen LogP contribution >= 0.6 is 0 Å². The van der Waals surface area contributed by atoms with Crippen molar-refractivity contribution < 1.29 is 14.2 Å². The van der Waals surface area contributed by atoms with Gasteiger partial charge in [-0.2, -0.15) is 0 Å². The van der Waals surface area contributed by atoms with Gasteiger partial charge in [-0.15, -0.1) is 0 Å². The summed E-state index contributed by atoms with van der Waals surface area (Å²) in [6.07, 6.45) is 12.2. The van der Waals surface area contributed by atoms with Gasteiger partial charge in [0.1, 0.15) is 0 Å². The zero-order valence-electron chi connectivity index (χ0n) is 13.0.